The van der Waals surface area contributed by atoms with Gasteiger partial charge in [-0.3, -0.25) is 0 Å². The lowest BCUT2D eigenvalue weighted by Crippen LogP contribution is -2.17. The number of thioether (sulfide) groups is 1. The van der Waals surface area contributed by atoms with Crippen LogP contribution in [0.3, 0.4) is 0 Å². The first-order valence-corrected chi connectivity index (χ1v) is 11.0. The van der Waals surface area contributed by atoms with Crippen LogP contribution in [0.2, 0.25) is 0 Å². The van der Waals surface area contributed by atoms with Gasteiger partial charge >= 0.3 is 0 Å². The molecule has 2 aliphatic rings. The molecule has 0 spiro atoms. The third-order valence-corrected chi connectivity index (χ3v) is 6.27. The molecule has 2 aromatic carbocycles. The molecule has 0 saturated heterocycles. The number of halogens is 1. The third-order valence-electron chi connectivity index (χ3n) is 4.54. The quantitative estimate of drug-likeness (QED) is 0.529. The second kappa shape index (κ2) is 7.72. The predicted molar refractivity (Wildman–Crippen MR) is 114 cm³/mol. The molecule has 3 heterocycles. The zero-order chi connectivity index (χ0) is 19.8. The van der Waals surface area contributed by atoms with Crippen LogP contribution in [0.25, 0.3) is 11.3 Å². The summed E-state index contributed by atoms with van der Waals surface area (Å²) >= 11 is 5.20. The molecule has 0 aliphatic carbocycles. The molecule has 9 heteroatoms. The van der Waals surface area contributed by atoms with Crippen LogP contribution in [0.15, 0.2) is 46.0 Å². The maximum Gasteiger partial charge on any atom is 0.247 e. The Bertz CT molecular complexity index is 1080. The van der Waals surface area contributed by atoms with Crippen molar-refractivity contribution in [2.24, 2.45) is 0 Å². The number of fused-ring (bicyclic) bond motifs is 4. The lowest BCUT2D eigenvalue weighted by molar-refractivity contribution is 0.173. The Kier molecular flexibility index (Phi) is 4.92. The Morgan fingerprint density at radius 3 is 2.86 bits per heavy atom. The van der Waals surface area contributed by atoms with Crippen molar-refractivity contribution in [3.05, 3.63) is 46.4 Å². The third kappa shape index (κ3) is 3.49. The molecule has 29 heavy (non-hydrogen) atoms. The minimum absolute atomic E-state index is 0.213. The average Bonchev–Trinajstić information content (AvgIpc) is 3.12. The molecule has 0 bridgehead atoms. The van der Waals surface area contributed by atoms with E-state index in [0.717, 1.165) is 33.5 Å². The lowest BCUT2D eigenvalue weighted by Gasteiger charge is -2.20. The van der Waals surface area contributed by atoms with Gasteiger partial charge in [-0.05, 0) is 24.6 Å². The summed E-state index contributed by atoms with van der Waals surface area (Å²) in [7, 11) is 0. The molecule has 2 aliphatic heterocycles. The molecule has 1 aromatic heterocycles. The van der Waals surface area contributed by atoms with Crippen LogP contribution in [0.1, 0.15) is 25.1 Å². The highest BCUT2D eigenvalue weighted by Gasteiger charge is 2.29. The highest BCUT2D eigenvalue weighted by atomic mass is 79.9. The van der Waals surface area contributed by atoms with Crippen LogP contribution in [0.4, 0.5) is 5.69 Å². The van der Waals surface area contributed by atoms with E-state index in [4.69, 9.17) is 14.2 Å². The molecule has 0 amide bonds. The van der Waals surface area contributed by atoms with Gasteiger partial charge in [0.05, 0.1) is 0 Å². The molecule has 3 aromatic rings. The SMILES string of the molecule is CCCSc1nnc2c(n1)OC(c1cc3c(cc1Br)OCO3)Nc1ccccc1-2. The van der Waals surface area contributed by atoms with E-state index in [0.29, 0.717) is 28.2 Å². The molecule has 1 atom stereocenters. The minimum Gasteiger partial charge on any atom is -0.454 e. The summed E-state index contributed by atoms with van der Waals surface area (Å²) < 4.78 is 18.2. The van der Waals surface area contributed by atoms with Crippen molar-refractivity contribution in [1.82, 2.24) is 15.2 Å². The van der Waals surface area contributed by atoms with Gasteiger partial charge in [-0.1, -0.05) is 52.8 Å². The van der Waals surface area contributed by atoms with Gasteiger partial charge < -0.3 is 19.5 Å². The van der Waals surface area contributed by atoms with Crippen LogP contribution in [-0.4, -0.2) is 27.7 Å². The summed E-state index contributed by atoms with van der Waals surface area (Å²) in [5.41, 5.74) is 3.28. The molecule has 0 radical (unpaired) electrons. The number of aromatic nitrogens is 3. The van der Waals surface area contributed by atoms with E-state index in [1.165, 1.54) is 0 Å². The Balaban J connectivity index is 1.60. The number of rotatable bonds is 4. The normalized spacial score (nSPS) is 16.3. The van der Waals surface area contributed by atoms with Crippen LogP contribution >= 0.6 is 27.7 Å². The molecule has 7 nitrogen and oxygen atoms in total. The second-order valence-electron chi connectivity index (χ2n) is 6.51. The monoisotopic (exact) mass is 472 g/mol. The summed E-state index contributed by atoms with van der Waals surface area (Å²) in [6, 6.07) is 11.7. The molecule has 1 N–H and O–H groups in total. The van der Waals surface area contributed by atoms with E-state index in [9.17, 15) is 0 Å². The first-order valence-electron chi connectivity index (χ1n) is 9.22. The highest BCUT2D eigenvalue weighted by molar-refractivity contribution is 9.10. The maximum atomic E-state index is 6.32. The van der Waals surface area contributed by atoms with Gasteiger partial charge in [-0.25, -0.2) is 0 Å². The maximum absolute atomic E-state index is 6.32. The van der Waals surface area contributed by atoms with E-state index in [1.807, 2.05) is 36.4 Å². The Morgan fingerprint density at radius 2 is 2.00 bits per heavy atom. The van der Waals surface area contributed by atoms with Crippen molar-refractivity contribution in [3.63, 3.8) is 0 Å². The summed E-state index contributed by atoms with van der Waals surface area (Å²) in [5, 5.41) is 12.8. The van der Waals surface area contributed by atoms with Crippen LogP contribution in [0, 0.1) is 0 Å². The van der Waals surface area contributed by atoms with Gasteiger partial charge in [0.1, 0.15) is 0 Å². The fraction of sp³-hybridized carbons (Fsp3) is 0.250. The van der Waals surface area contributed by atoms with Gasteiger partial charge in [0.2, 0.25) is 17.8 Å². The van der Waals surface area contributed by atoms with Gasteiger partial charge in [0.15, 0.2) is 23.4 Å². The number of hydrogen-bond donors (Lipinski definition) is 1. The van der Waals surface area contributed by atoms with E-state index >= 15 is 0 Å². The number of benzene rings is 2. The van der Waals surface area contributed by atoms with Crippen molar-refractivity contribution in [2.45, 2.75) is 24.7 Å². The first kappa shape index (κ1) is 18.5. The van der Waals surface area contributed by atoms with E-state index < -0.39 is 6.23 Å². The summed E-state index contributed by atoms with van der Waals surface area (Å²) in [6.45, 7) is 2.33. The molecule has 0 fully saturated rings. The van der Waals surface area contributed by atoms with Gasteiger partial charge in [-0.15, -0.1) is 10.2 Å². The minimum atomic E-state index is -0.498. The van der Waals surface area contributed by atoms with Crippen LogP contribution < -0.4 is 19.5 Å². The lowest BCUT2D eigenvalue weighted by atomic mass is 10.1. The van der Waals surface area contributed by atoms with E-state index in [2.05, 4.69) is 43.4 Å². The largest absolute Gasteiger partial charge is 0.454 e. The fourth-order valence-electron chi connectivity index (χ4n) is 3.18. The molecule has 148 valence electrons. The van der Waals surface area contributed by atoms with Gasteiger partial charge in [0, 0.05) is 27.0 Å². The van der Waals surface area contributed by atoms with E-state index in [-0.39, 0.29) is 6.79 Å². The van der Waals surface area contributed by atoms with Crippen molar-refractivity contribution in [2.75, 3.05) is 17.9 Å². The Labute approximate surface area is 180 Å². The molecular formula is C20H17BrN4O3S. The number of nitrogens with one attached hydrogen (secondary N) is 1. The number of anilines is 1. The summed E-state index contributed by atoms with van der Waals surface area (Å²) in [5.74, 6) is 2.76. The zero-order valence-corrected chi connectivity index (χ0v) is 17.9. The number of hydrogen-bond acceptors (Lipinski definition) is 8. The second-order valence-corrected chi connectivity index (χ2v) is 8.43. The van der Waals surface area contributed by atoms with Crippen molar-refractivity contribution in [1.29, 1.82) is 0 Å². The van der Waals surface area contributed by atoms with Gasteiger partial charge in [0.25, 0.3) is 0 Å². The summed E-state index contributed by atoms with van der Waals surface area (Å²) in [6.07, 6.45) is 0.533. The van der Waals surface area contributed by atoms with Gasteiger partial charge in [-0.2, -0.15) is 4.98 Å². The number of para-hydroxylation sites is 1. The Hall–Kier alpha value is -2.52. The van der Waals surface area contributed by atoms with Crippen molar-refractivity contribution in [3.8, 4) is 28.6 Å². The molecule has 0 saturated carbocycles. The van der Waals surface area contributed by atoms with Crippen LogP contribution in [0.5, 0.6) is 17.4 Å². The molecular weight excluding hydrogens is 456 g/mol. The number of nitrogens with zero attached hydrogens (tertiary/aromatic N) is 3. The van der Waals surface area contributed by atoms with Crippen molar-refractivity contribution < 1.29 is 14.2 Å². The standard InChI is InChI=1S/C20H17BrN4O3S/c1-2-7-29-20-23-19-17(24-25-20)11-5-3-4-6-14(11)22-18(28-19)12-8-15-16(9-13(12)21)27-10-26-15/h3-6,8-9,18,22H,2,7,10H2,1H3. The Morgan fingerprint density at radius 1 is 1.17 bits per heavy atom. The van der Waals surface area contributed by atoms with Crippen LogP contribution in [-0.2, 0) is 0 Å². The number of ether oxygens (including phenoxy) is 3. The molecule has 5 rings (SSSR count). The first-order chi connectivity index (χ1) is 14.2. The zero-order valence-electron chi connectivity index (χ0n) is 15.5. The predicted octanol–water partition coefficient (Wildman–Crippen LogP) is 5.04. The smallest absolute Gasteiger partial charge is 0.247 e. The van der Waals surface area contributed by atoms with E-state index in [1.54, 1.807) is 11.8 Å². The average molecular weight is 473 g/mol. The molecule has 1 unspecified atom stereocenters. The topological polar surface area (TPSA) is 78.4 Å². The van der Waals surface area contributed by atoms with Crippen molar-refractivity contribution >= 4 is 33.4 Å². The summed E-state index contributed by atoms with van der Waals surface area (Å²) in [4.78, 5) is 4.64. The fourth-order valence-corrected chi connectivity index (χ4v) is 4.34. The highest BCUT2D eigenvalue weighted by Crippen LogP contribution is 2.44.